The summed E-state index contributed by atoms with van der Waals surface area (Å²) in [6, 6.07) is 0. The first-order chi connectivity index (χ1) is 5.83. The first-order valence-electron chi connectivity index (χ1n) is 4.66. The van der Waals surface area contributed by atoms with Crippen LogP contribution in [-0.4, -0.2) is 23.4 Å². The number of hydrogen-bond donors (Lipinski definition) is 0. The minimum absolute atomic E-state index is 0.0803. The van der Waals surface area contributed by atoms with Gasteiger partial charge >= 0.3 is 0 Å². The van der Waals surface area contributed by atoms with E-state index in [2.05, 4.69) is 29.5 Å². The van der Waals surface area contributed by atoms with E-state index in [-0.39, 0.29) is 6.29 Å². The highest BCUT2D eigenvalue weighted by atomic mass is 127. The summed E-state index contributed by atoms with van der Waals surface area (Å²) in [5.74, 6) is 0. The van der Waals surface area contributed by atoms with Crippen LogP contribution in [-0.2, 0) is 9.47 Å². The van der Waals surface area contributed by atoms with Crippen molar-refractivity contribution in [2.45, 2.75) is 45.0 Å². The van der Waals surface area contributed by atoms with Gasteiger partial charge < -0.3 is 9.47 Å². The average molecular weight is 284 g/mol. The normalized spacial score (nSPS) is 27.0. The summed E-state index contributed by atoms with van der Waals surface area (Å²) in [6.07, 6.45) is 5.08. The van der Waals surface area contributed by atoms with Gasteiger partial charge in [-0.1, -0.05) is 22.6 Å². The Bertz CT molecular complexity index is 113. The fourth-order valence-electron chi connectivity index (χ4n) is 1.30. The molecule has 1 aliphatic heterocycles. The molecule has 1 rings (SSSR count). The van der Waals surface area contributed by atoms with Gasteiger partial charge in [0.1, 0.15) is 0 Å². The summed E-state index contributed by atoms with van der Waals surface area (Å²) in [6.45, 7) is 3.00. The highest BCUT2D eigenvalue weighted by molar-refractivity contribution is 14.1. The zero-order valence-electron chi connectivity index (χ0n) is 7.59. The van der Waals surface area contributed by atoms with E-state index in [1.54, 1.807) is 0 Å². The lowest BCUT2D eigenvalue weighted by Gasteiger charge is -2.25. The fourth-order valence-corrected chi connectivity index (χ4v) is 2.18. The molecule has 1 unspecified atom stereocenters. The van der Waals surface area contributed by atoms with E-state index in [9.17, 15) is 0 Å². The van der Waals surface area contributed by atoms with Gasteiger partial charge in [-0.05, 0) is 32.6 Å². The molecule has 0 spiro atoms. The molecule has 0 amide bonds. The summed E-state index contributed by atoms with van der Waals surface area (Å²) in [5.41, 5.74) is 0. The maximum absolute atomic E-state index is 5.70. The second-order valence-electron chi connectivity index (χ2n) is 3.22. The predicted molar refractivity (Wildman–Crippen MR) is 57.6 cm³/mol. The third kappa shape index (κ3) is 4.05. The van der Waals surface area contributed by atoms with Crippen LogP contribution in [0.5, 0.6) is 0 Å². The molecule has 1 aliphatic rings. The molecule has 0 aromatic rings. The maximum atomic E-state index is 5.70. The minimum Gasteiger partial charge on any atom is -0.353 e. The van der Waals surface area contributed by atoms with Crippen molar-refractivity contribution in [2.24, 2.45) is 0 Å². The van der Waals surface area contributed by atoms with E-state index in [1.165, 1.54) is 12.8 Å². The maximum Gasteiger partial charge on any atom is 0.157 e. The smallest absolute Gasteiger partial charge is 0.157 e. The van der Waals surface area contributed by atoms with Crippen LogP contribution in [0.25, 0.3) is 0 Å². The zero-order chi connectivity index (χ0) is 8.81. The Balaban J connectivity index is 2.11. The first-order valence-corrected chi connectivity index (χ1v) is 6.18. The van der Waals surface area contributed by atoms with Gasteiger partial charge in [0, 0.05) is 11.0 Å². The number of alkyl halides is 1. The van der Waals surface area contributed by atoms with Crippen LogP contribution in [0.1, 0.15) is 32.6 Å². The topological polar surface area (TPSA) is 18.5 Å². The third-order valence-corrected chi connectivity index (χ3v) is 2.66. The Kier molecular flexibility index (Phi) is 5.50. The number of rotatable bonds is 4. The first kappa shape index (κ1) is 10.7. The summed E-state index contributed by atoms with van der Waals surface area (Å²) in [4.78, 5) is 0. The molecule has 0 aromatic carbocycles. The standard InChI is InChI=1S/C9H17IO2/c1-8(5-6-10)12-9-4-2-3-7-11-9/h8-9H,2-7H2,1H3/t8-,9?/m1/s1. The lowest BCUT2D eigenvalue weighted by molar-refractivity contribution is -0.184. The quantitative estimate of drug-likeness (QED) is 0.584. The lowest BCUT2D eigenvalue weighted by atomic mass is 10.2. The highest BCUT2D eigenvalue weighted by Crippen LogP contribution is 2.16. The molecular weight excluding hydrogens is 267 g/mol. The lowest BCUT2D eigenvalue weighted by Crippen LogP contribution is -2.26. The van der Waals surface area contributed by atoms with E-state index < -0.39 is 0 Å². The molecule has 1 fully saturated rings. The Labute approximate surface area is 88.1 Å². The molecule has 72 valence electrons. The zero-order valence-corrected chi connectivity index (χ0v) is 9.75. The molecule has 0 aliphatic carbocycles. The second kappa shape index (κ2) is 6.16. The van der Waals surface area contributed by atoms with Crippen molar-refractivity contribution in [1.29, 1.82) is 0 Å². The van der Waals surface area contributed by atoms with Crippen molar-refractivity contribution in [3.05, 3.63) is 0 Å². The SMILES string of the molecule is C[C@H](CCI)OC1CCCCO1. The molecule has 3 heteroatoms. The fraction of sp³-hybridized carbons (Fsp3) is 1.00. The number of ether oxygens (including phenoxy) is 2. The van der Waals surface area contributed by atoms with E-state index >= 15 is 0 Å². The minimum atomic E-state index is 0.0803. The van der Waals surface area contributed by atoms with Crippen molar-refractivity contribution in [3.8, 4) is 0 Å². The van der Waals surface area contributed by atoms with Crippen LogP contribution in [0, 0.1) is 0 Å². The van der Waals surface area contributed by atoms with Gasteiger partial charge in [-0.2, -0.15) is 0 Å². The van der Waals surface area contributed by atoms with Crippen LogP contribution >= 0.6 is 22.6 Å². The Hall–Kier alpha value is 0.650. The monoisotopic (exact) mass is 284 g/mol. The Morgan fingerprint density at radius 1 is 1.58 bits per heavy atom. The number of halogens is 1. The van der Waals surface area contributed by atoms with Crippen LogP contribution < -0.4 is 0 Å². The van der Waals surface area contributed by atoms with Gasteiger partial charge in [-0.15, -0.1) is 0 Å². The van der Waals surface area contributed by atoms with Gasteiger partial charge in [0.25, 0.3) is 0 Å². The third-order valence-electron chi connectivity index (χ3n) is 2.04. The largest absolute Gasteiger partial charge is 0.353 e. The summed E-state index contributed by atoms with van der Waals surface area (Å²) >= 11 is 2.38. The molecule has 1 heterocycles. The average Bonchev–Trinajstić information content (AvgIpc) is 2.06. The molecule has 0 radical (unpaired) electrons. The number of hydrogen-bond acceptors (Lipinski definition) is 2. The Morgan fingerprint density at radius 2 is 2.42 bits per heavy atom. The predicted octanol–water partition coefficient (Wildman–Crippen LogP) is 2.74. The van der Waals surface area contributed by atoms with Crippen LogP contribution in [0.3, 0.4) is 0 Å². The summed E-state index contributed by atoms with van der Waals surface area (Å²) in [7, 11) is 0. The van der Waals surface area contributed by atoms with Crippen molar-refractivity contribution in [1.82, 2.24) is 0 Å². The van der Waals surface area contributed by atoms with Crippen LogP contribution in [0.15, 0.2) is 0 Å². The van der Waals surface area contributed by atoms with Gasteiger partial charge in [0.05, 0.1) is 6.10 Å². The van der Waals surface area contributed by atoms with Gasteiger partial charge in [0.15, 0.2) is 6.29 Å². The van der Waals surface area contributed by atoms with E-state index in [0.717, 1.165) is 23.9 Å². The van der Waals surface area contributed by atoms with E-state index in [4.69, 9.17) is 9.47 Å². The van der Waals surface area contributed by atoms with Crippen LogP contribution in [0.2, 0.25) is 0 Å². The van der Waals surface area contributed by atoms with E-state index in [0.29, 0.717) is 6.10 Å². The molecule has 0 saturated carbocycles. The summed E-state index contributed by atoms with van der Waals surface area (Å²) < 4.78 is 12.3. The van der Waals surface area contributed by atoms with Crippen molar-refractivity contribution >= 4 is 22.6 Å². The molecule has 1 saturated heterocycles. The van der Waals surface area contributed by atoms with Crippen molar-refractivity contribution < 1.29 is 9.47 Å². The van der Waals surface area contributed by atoms with E-state index in [1.807, 2.05) is 0 Å². The van der Waals surface area contributed by atoms with Gasteiger partial charge in [-0.3, -0.25) is 0 Å². The molecule has 12 heavy (non-hydrogen) atoms. The molecule has 2 nitrogen and oxygen atoms in total. The molecule has 0 N–H and O–H groups in total. The van der Waals surface area contributed by atoms with Crippen molar-refractivity contribution in [3.63, 3.8) is 0 Å². The Morgan fingerprint density at radius 3 is 3.00 bits per heavy atom. The molecule has 2 atom stereocenters. The molecule has 0 aromatic heterocycles. The molecular formula is C9H17IO2. The second-order valence-corrected chi connectivity index (χ2v) is 4.30. The summed E-state index contributed by atoms with van der Waals surface area (Å²) in [5, 5.41) is 0. The van der Waals surface area contributed by atoms with Gasteiger partial charge in [0.2, 0.25) is 0 Å². The molecule has 0 bridgehead atoms. The van der Waals surface area contributed by atoms with Gasteiger partial charge in [-0.25, -0.2) is 0 Å². The van der Waals surface area contributed by atoms with Crippen LogP contribution in [0.4, 0.5) is 0 Å². The highest BCUT2D eigenvalue weighted by Gasteiger charge is 2.16. The van der Waals surface area contributed by atoms with Crippen molar-refractivity contribution in [2.75, 3.05) is 11.0 Å².